The van der Waals surface area contributed by atoms with Gasteiger partial charge in [-0.05, 0) is 25.5 Å². The molecule has 6 nitrogen and oxygen atoms in total. The summed E-state index contributed by atoms with van der Waals surface area (Å²) in [7, 11) is 3.83. The van der Waals surface area contributed by atoms with Crippen LogP contribution in [0.1, 0.15) is 23.7 Å². The molecule has 1 saturated heterocycles. The predicted octanol–water partition coefficient (Wildman–Crippen LogP) is 1.07. The van der Waals surface area contributed by atoms with Crippen molar-refractivity contribution in [2.75, 3.05) is 38.8 Å². The summed E-state index contributed by atoms with van der Waals surface area (Å²) in [5, 5.41) is 3.02. The predicted molar refractivity (Wildman–Crippen MR) is 80.7 cm³/mol. The number of carbonyl (C=O) groups excluding carboxylic acids is 1. The summed E-state index contributed by atoms with van der Waals surface area (Å²) in [5.41, 5.74) is 0.558. The molecule has 2 atom stereocenters. The highest BCUT2D eigenvalue weighted by Gasteiger charge is 2.27. The molecule has 1 aliphatic heterocycles. The Balaban J connectivity index is 1.99. The Hall–Kier alpha value is -1.66. The number of rotatable bonds is 5. The standard InChI is InChI=1S/C15H23N3O3/c1-4-21-13-10-20-8-7-12(13)17-15(19)11-5-6-14(16-9-11)18(2)3/h5-6,9,12-13H,4,7-8,10H2,1-3H3,(H,17,19)/t12-,13-/m1/s1. The van der Waals surface area contributed by atoms with Crippen LogP contribution in [0.25, 0.3) is 0 Å². The van der Waals surface area contributed by atoms with E-state index in [1.54, 1.807) is 12.3 Å². The molecule has 0 radical (unpaired) electrons. The Morgan fingerprint density at radius 3 is 2.95 bits per heavy atom. The lowest BCUT2D eigenvalue weighted by atomic mass is 10.1. The van der Waals surface area contributed by atoms with Crippen molar-refractivity contribution in [3.05, 3.63) is 23.9 Å². The Bertz CT molecular complexity index is 460. The molecule has 1 N–H and O–H groups in total. The first-order valence-corrected chi connectivity index (χ1v) is 7.25. The highest BCUT2D eigenvalue weighted by molar-refractivity contribution is 5.94. The van der Waals surface area contributed by atoms with Crippen molar-refractivity contribution in [2.24, 2.45) is 0 Å². The molecule has 0 bridgehead atoms. The number of carbonyl (C=O) groups is 1. The fraction of sp³-hybridized carbons (Fsp3) is 0.600. The summed E-state index contributed by atoms with van der Waals surface area (Å²) < 4.78 is 11.0. The minimum Gasteiger partial charge on any atom is -0.379 e. The second-order valence-corrected chi connectivity index (χ2v) is 5.24. The van der Waals surface area contributed by atoms with E-state index in [-0.39, 0.29) is 18.1 Å². The Morgan fingerprint density at radius 2 is 2.33 bits per heavy atom. The molecule has 1 aliphatic rings. The van der Waals surface area contributed by atoms with E-state index in [4.69, 9.17) is 9.47 Å². The molecule has 0 aliphatic carbocycles. The van der Waals surface area contributed by atoms with Gasteiger partial charge in [-0.2, -0.15) is 0 Å². The Morgan fingerprint density at radius 1 is 1.52 bits per heavy atom. The summed E-state index contributed by atoms with van der Waals surface area (Å²) in [6.07, 6.45) is 2.28. The topological polar surface area (TPSA) is 63.7 Å². The van der Waals surface area contributed by atoms with Crippen LogP contribution >= 0.6 is 0 Å². The van der Waals surface area contributed by atoms with E-state index in [1.807, 2.05) is 32.0 Å². The zero-order valence-corrected chi connectivity index (χ0v) is 12.8. The third-order valence-corrected chi connectivity index (χ3v) is 3.47. The van der Waals surface area contributed by atoms with Gasteiger partial charge >= 0.3 is 0 Å². The lowest BCUT2D eigenvalue weighted by Crippen LogP contribution is -2.50. The number of ether oxygens (including phenoxy) is 2. The number of nitrogens with zero attached hydrogens (tertiary/aromatic N) is 2. The molecule has 1 aromatic heterocycles. The van der Waals surface area contributed by atoms with Crippen molar-refractivity contribution in [1.29, 1.82) is 0 Å². The van der Waals surface area contributed by atoms with Crippen molar-refractivity contribution in [3.63, 3.8) is 0 Å². The van der Waals surface area contributed by atoms with E-state index >= 15 is 0 Å². The van der Waals surface area contributed by atoms with E-state index in [9.17, 15) is 4.79 Å². The number of anilines is 1. The molecule has 1 fully saturated rings. The summed E-state index contributed by atoms with van der Waals surface area (Å²) in [5.74, 6) is 0.703. The van der Waals surface area contributed by atoms with E-state index < -0.39 is 0 Å². The fourth-order valence-corrected chi connectivity index (χ4v) is 2.29. The van der Waals surface area contributed by atoms with Gasteiger partial charge in [-0.15, -0.1) is 0 Å². The van der Waals surface area contributed by atoms with Gasteiger partial charge < -0.3 is 19.7 Å². The Labute approximate surface area is 125 Å². The van der Waals surface area contributed by atoms with Crippen LogP contribution < -0.4 is 10.2 Å². The normalized spacial score (nSPS) is 21.9. The molecular weight excluding hydrogens is 270 g/mol. The van der Waals surface area contributed by atoms with Crippen LogP contribution in [0.5, 0.6) is 0 Å². The minimum absolute atomic E-state index is 0.0141. The lowest BCUT2D eigenvalue weighted by molar-refractivity contribution is -0.0632. The first kappa shape index (κ1) is 15.7. The first-order chi connectivity index (χ1) is 10.1. The van der Waals surface area contributed by atoms with Gasteiger partial charge in [0, 0.05) is 33.5 Å². The van der Waals surface area contributed by atoms with Crippen LogP contribution in [0.15, 0.2) is 18.3 Å². The average Bonchev–Trinajstić information content (AvgIpc) is 2.49. The maximum Gasteiger partial charge on any atom is 0.253 e. The zero-order valence-electron chi connectivity index (χ0n) is 12.8. The molecule has 6 heteroatoms. The minimum atomic E-state index is -0.121. The van der Waals surface area contributed by atoms with Crippen LogP contribution in [-0.4, -0.2) is 57.0 Å². The molecule has 116 valence electrons. The van der Waals surface area contributed by atoms with Gasteiger partial charge in [-0.3, -0.25) is 4.79 Å². The number of hydrogen-bond acceptors (Lipinski definition) is 5. The third kappa shape index (κ3) is 4.15. The summed E-state index contributed by atoms with van der Waals surface area (Å²) in [6, 6.07) is 3.60. The van der Waals surface area contributed by atoms with Crippen LogP contribution in [0, 0.1) is 0 Å². The van der Waals surface area contributed by atoms with Crippen LogP contribution in [0.2, 0.25) is 0 Å². The van der Waals surface area contributed by atoms with Gasteiger partial charge in [0.2, 0.25) is 0 Å². The van der Waals surface area contributed by atoms with Crippen molar-refractivity contribution in [1.82, 2.24) is 10.3 Å². The molecule has 1 amide bonds. The highest BCUT2D eigenvalue weighted by atomic mass is 16.5. The highest BCUT2D eigenvalue weighted by Crippen LogP contribution is 2.13. The molecule has 0 saturated carbocycles. The number of aromatic nitrogens is 1. The molecule has 0 unspecified atom stereocenters. The lowest BCUT2D eigenvalue weighted by Gasteiger charge is -2.31. The molecule has 2 rings (SSSR count). The van der Waals surface area contributed by atoms with Crippen LogP contribution in [0.4, 0.5) is 5.82 Å². The van der Waals surface area contributed by atoms with Gasteiger partial charge in [-0.1, -0.05) is 0 Å². The zero-order chi connectivity index (χ0) is 15.2. The van der Waals surface area contributed by atoms with Crippen molar-refractivity contribution < 1.29 is 14.3 Å². The monoisotopic (exact) mass is 293 g/mol. The van der Waals surface area contributed by atoms with E-state index in [0.29, 0.717) is 25.4 Å². The second-order valence-electron chi connectivity index (χ2n) is 5.24. The number of pyridine rings is 1. The summed E-state index contributed by atoms with van der Waals surface area (Å²) >= 11 is 0. The quantitative estimate of drug-likeness (QED) is 0.880. The summed E-state index contributed by atoms with van der Waals surface area (Å²) in [4.78, 5) is 18.4. The number of nitrogens with one attached hydrogen (secondary N) is 1. The van der Waals surface area contributed by atoms with Gasteiger partial charge in [0.25, 0.3) is 5.91 Å². The van der Waals surface area contributed by atoms with Crippen molar-refractivity contribution in [3.8, 4) is 0 Å². The van der Waals surface area contributed by atoms with Gasteiger partial charge in [0.1, 0.15) is 11.9 Å². The molecule has 1 aromatic rings. The second kappa shape index (κ2) is 7.38. The smallest absolute Gasteiger partial charge is 0.253 e. The van der Waals surface area contributed by atoms with Crippen molar-refractivity contribution >= 4 is 11.7 Å². The van der Waals surface area contributed by atoms with Gasteiger partial charge in [0.15, 0.2) is 0 Å². The molecule has 2 heterocycles. The maximum absolute atomic E-state index is 12.3. The first-order valence-electron chi connectivity index (χ1n) is 7.25. The van der Waals surface area contributed by atoms with Crippen LogP contribution in [0.3, 0.4) is 0 Å². The third-order valence-electron chi connectivity index (χ3n) is 3.47. The van der Waals surface area contributed by atoms with Crippen molar-refractivity contribution in [2.45, 2.75) is 25.5 Å². The van der Waals surface area contributed by atoms with E-state index in [2.05, 4.69) is 10.3 Å². The molecule has 21 heavy (non-hydrogen) atoms. The van der Waals surface area contributed by atoms with Crippen LogP contribution in [-0.2, 0) is 9.47 Å². The number of amides is 1. The fourth-order valence-electron chi connectivity index (χ4n) is 2.29. The summed E-state index contributed by atoms with van der Waals surface area (Å²) in [6.45, 7) is 3.72. The van der Waals surface area contributed by atoms with E-state index in [1.165, 1.54) is 0 Å². The maximum atomic E-state index is 12.3. The largest absolute Gasteiger partial charge is 0.379 e. The van der Waals surface area contributed by atoms with Gasteiger partial charge in [0.05, 0.1) is 18.2 Å². The van der Waals surface area contributed by atoms with Gasteiger partial charge in [-0.25, -0.2) is 4.98 Å². The van der Waals surface area contributed by atoms with E-state index in [0.717, 1.165) is 12.2 Å². The molecular formula is C15H23N3O3. The molecule has 0 aromatic carbocycles. The Kier molecular flexibility index (Phi) is 5.52. The number of hydrogen-bond donors (Lipinski definition) is 1. The SMILES string of the molecule is CCO[C@@H]1COCC[C@H]1NC(=O)c1ccc(N(C)C)nc1. The average molecular weight is 293 g/mol. The molecule has 0 spiro atoms.